The Bertz CT molecular complexity index is 642. The van der Waals surface area contributed by atoms with Crippen molar-refractivity contribution in [3.63, 3.8) is 0 Å². The van der Waals surface area contributed by atoms with E-state index in [1.165, 1.54) is 6.42 Å². The normalized spacial score (nSPS) is 16.0. The zero-order valence-electron chi connectivity index (χ0n) is 14.0. The number of unbranched alkanes of at least 4 members (excludes halogenated alkanes) is 1. The van der Waals surface area contributed by atoms with Gasteiger partial charge in [0.05, 0.1) is 0 Å². The number of nitrogens with zero attached hydrogens (tertiary/aromatic N) is 4. The third-order valence-electron chi connectivity index (χ3n) is 4.52. The maximum atomic E-state index is 5.71. The van der Waals surface area contributed by atoms with Crippen LogP contribution in [0.2, 0.25) is 0 Å². The molecule has 2 aromatic rings. The van der Waals surface area contributed by atoms with Crippen LogP contribution in [0.15, 0.2) is 12.1 Å². The Labute approximate surface area is 137 Å². The van der Waals surface area contributed by atoms with Gasteiger partial charge in [-0.3, -0.25) is 5.10 Å². The van der Waals surface area contributed by atoms with Crippen LogP contribution in [0.25, 0.3) is 0 Å². The van der Waals surface area contributed by atoms with Crippen LogP contribution in [0.1, 0.15) is 55.7 Å². The SMILES string of the molecule is CCCCc1nc(C)cc(N2CCC(c3cc(N)n[nH]3)CC2)n1. The number of rotatable bonds is 5. The third kappa shape index (κ3) is 3.81. The summed E-state index contributed by atoms with van der Waals surface area (Å²) in [6, 6.07) is 4.06. The molecule has 3 heterocycles. The van der Waals surface area contributed by atoms with E-state index in [4.69, 9.17) is 10.7 Å². The molecule has 1 saturated heterocycles. The smallest absolute Gasteiger partial charge is 0.145 e. The second-order valence-corrected chi connectivity index (χ2v) is 6.40. The van der Waals surface area contributed by atoms with E-state index in [0.29, 0.717) is 11.7 Å². The Kier molecular flexibility index (Phi) is 4.79. The average molecular weight is 314 g/mol. The molecule has 0 aromatic carbocycles. The molecule has 0 amide bonds. The van der Waals surface area contributed by atoms with Crippen LogP contribution in [-0.4, -0.2) is 33.3 Å². The van der Waals surface area contributed by atoms with Gasteiger partial charge in [-0.25, -0.2) is 9.97 Å². The fraction of sp³-hybridized carbons (Fsp3) is 0.588. The number of nitrogens with one attached hydrogen (secondary N) is 1. The highest BCUT2D eigenvalue weighted by Gasteiger charge is 2.23. The lowest BCUT2D eigenvalue weighted by Crippen LogP contribution is -2.34. The van der Waals surface area contributed by atoms with Gasteiger partial charge in [-0.05, 0) is 26.2 Å². The van der Waals surface area contributed by atoms with Crippen LogP contribution in [0.4, 0.5) is 11.6 Å². The summed E-state index contributed by atoms with van der Waals surface area (Å²) in [7, 11) is 0. The van der Waals surface area contributed by atoms with Gasteiger partial charge in [0.25, 0.3) is 0 Å². The van der Waals surface area contributed by atoms with Crippen molar-refractivity contribution in [1.82, 2.24) is 20.2 Å². The number of H-pyrrole nitrogens is 1. The second kappa shape index (κ2) is 6.98. The quantitative estimate of drug-likeness (QED) is 0.886. The highest BCUT2D eigenvalue weighted by molar-refractivity contribution is 5.41. The van der Waals surface area contributed by atoms with Gasteiger partial charge >= 0.3 is 0 Å². The number of hydrogen-bond acceptors (Lipinski definition) is 5. The summed E-state index contributed by atoms with van der Waals surface area (Å²) >= 11 is 0. The minimum Gasteiger partial charge on any atom is -0.382 e. The van der Waals surface area contributed by atoms with Crippen LogP contribution in [-0.2, 0) is 6.42 Å². The van der Waals surface area contributed by atoms with Gasteiger partial charge in [0.15, 0.2) is 0 Å². The number of piperidine rings is 1. The molecule has 124 valence electrons. The van der Waals surface area contributed by atoms with Crippen molar-refractivity contribution in [3.8, 4) is 0 Å². The van der Waals surface area contributed by atoms with Crippen LogP contribution >= 0.6 is 0 Å². The number of aromatic nitrogens is 4. The Morgan fingerprint density at radius 1 is 1.26 bits per heavy atom. The topological polar surface area (TPSA) is 83.7 Å². The fourth-order valence-corrected chi connectivity index (χ4v) is 3.20. The van der Waals surface area contributed by atoms with Gasteiger partial charge in [0.1, 0.15) is 17.5 Å². The predicted molar refractivity (Wildman–Crippen MR) is 92.6 cm³/mol. The third-order valence-corrected chi connectivity index (χ3v) is 4.52. The van der Waals surface area contributed by atoms with Gasteiger partial charge in [-0.1, -0.05) is 13.3 Å². The van der Waals surface area contributed by atoms with Crippen molar-refractivity contribution in [2.75, 3.05) is 23.7 Å². The molecule has 0 unspecified atom stereocenters. The monoisotopic (exact) mass is 314 g/mol. The first kappa shape index (κ1) is 15.8. The minimum absolute atomic E-state index is 0.513. The van der Waals surface area contributed by atoms with Gasteiger partial charge in [-0.2, -0.15) is 5.10 Å². The summed E-state index contributed by atoms with van der Waals surface area (Å²) in [4.78, 5) is 11.7. The number of anilines is 2. The van der Waals surface area contributed by atoms with E-state index in [9.17, 15) is 0 Å². The summed E-state index contributed by atoms with van der Waals surface area (Å²) in [5, 5.41) is 7.09. The average Bonchev–Trinajstić information content (AvgIpc) is 2.99. The zero-order valence-corrected chi connectivity index (χ0v) is 14.0. The molecular weight excluding hydrogens is 288 g/mol. The molecule has 1 aliphatic heterocycles. The van der Waals surface area contributed by atoms with E-state index in [0.717, 1.165) is 61.8 Å². The molecule has 0 radical (unpaired) electrons. The molecular formula is C17H26N6. The van der Waals surface area contributed by atoms with E-state index in [1.54, 1.807) is 0 Å². The van der Waals surface area contributed by atoms with E-state index in [-0.39, 0.29) is 0 Å². The van der Waals surface area contributed by atoms with Crippen LogP contribution in [0.3, 0.4) is 0 Å². The zero-order chi connectivity index (χ0) is 16.2. The van der Waals surface area contributed by atoms with Crippen molar-refractivity contribution in [2.45, 2.75) is 51.9 Å². The van der Waals surface area contributed by atoms with E-state index >= 15 is 0 Å². The molecule has 2 aromatic heterocycles. The molecule has 0 bridgehead atoms. The largest absolute Gasteiger partial charge is 0.382 e. The molecule has 23 heavy (non-hydrogen) atoms. The molecule has 0 atom stereocenters. The Hall–Kier alpha value is -2.11. The molecule has 0 spiro atoms. The van der Waals surface area contributed by atoms with Crippen LogP contribution in [0, 0.1) is 6.92 Å². The van der Waals surface area contributed by atoms with Gasteiger partial charge in [0.2, 0.25) is 0 Å². The van der Waals surface area contributed by atoms with Crippen molar-refractivity contribution in [3.05, 3.63) is 29.3 Å². The first-order chi connectivity index (χ1) is 11.2. The second-order valence-electron chi connectivity index (χ2n) is 6.40. The molecule has 3 rings (SSSR count). The molecule has 0 aliphatic carbocycles. The van der Waals surface area contributed by atoms with Crippen LogP contribution in [0.5, 0.6) is 0 Å². The Balaban J connectivity index is 1.66. The van der Waals surface area contributed by atoms with Gasteiger partial charge in [-0.15, -0.1) is 0 Å². The summed E-state index contributed by atoms with van der Waals surface area (Å²) in [5.74, 6) is 3.14. The molecule has 0 saturated carbocycles. The molecule has 6 nitrogen and oxygen atoms in total. The van der Waals surface area contributed by atoms with E-state index < -0.39 is 0 Å². The maximum absolute atomic E-state index is 5.71. The number of aryl methyl sites for hydroxylation is 2. The Morgan fingerprint density at radius 2 is 2.04 bits per heavy atom. The van der Waals surface area contributed by atoms with Gasteiger partial charge in [0, 0.05) is 48.9 Å². The van der Waals surface area contributed by atoms with E-state index in [2.05, 4.69) is 40.0 Å². The lowest BCUT2D eigenvalue weighted by molar-refractivity contribution is 0.492. The van der Waals surface area contributed by atoms with Crippen LogP contribution < -0.4 is 10.6 Å². The lowest BCUT2D eigenvalue weighted by atomic mass is 9.93. The van der Waals surface area contributed by atoms with Crippen molar-refractivity contribution in [1.29, 1.82) is 0 Å². The number of aromatic amines is 1. The standard InChI is InChI=1S/C17H26N6/c1-3-4-5-16-19-12(2)10-17(20-16)23-8-6-13(7-9-23)14-11-15(18)22-21-14/h10-11,13H,3-9H2,1-2H3,(H3,18,21,22). The fourth-order valence-electron chi connectivity index (χ4n) is 3.20. The van der Waals surface area contributed by atoms with Crippen molar-refractivity contribution in [2.24, 2.45) is 0 Å². The summed E-state index contributed by atoms with van der Waals surface area (Å²) in [6.45, 7) is 6.27. The number of hydrogen-bond donors (Lipinski definition) is 2. The lowest BCUT2D eigenvalue weighted by Gasteiger charge is -2.32. The van der Waals surface area contributed by atoms with Gasteiger partial charge < -0.3 is 10.6 Å². The highest BCUT2D eigenvalue weighted by Crippen LogP contribution is 2.29. The summed E-state index contributed by atoms with van der Waals surface area (Å²) in [5.41, 5.74) is 7.92. The first-order valence-electron chi connectivity index (χ1n) is 8.56. The van der Waals surface area contributed by atoms with Crippen molar-refractivity contribution < 1.29 is 0 Å². The predicted octanol–water partition coefficient (Wildman–Crippen LogP) is 2.82. The number of nitrogens with two attached hydrogens (primary N) is 1. The number of nitrogen functional groups attached to an aromatic ring is 1. The summed E-state index contributed by atoms with van der Waals surface area (Å²) < 4.78 is 0. The first-order valence-corrected chi connectivity index (χ1v) is 8.56. The Morgan fingerprint density at radius 3 is 2.70 bits per heavy atom. The van der Waals surface area contributed by atoms with Crippen molar-refractivity contribution >= 4 is 11.6 Å². The van der Waals surface area contributed by atoms with E-state index in [1.807, 2.05) is 6.07 Å². The molecule has 3 N–H and O–H groups in total. The minimum atomic E-state index is 0.513. The summed E-state index contributed by atoms with van der Waals surface area (Å²) in [6.07, 6.45) is 5.47. The highest BCUT2D eigenvalue weighted by atomic mass is 15.2. The molecule has 6 heteroatoms. The molecule has 1 aliphatic rings. The molecule has 1 fully saturated rings. The maximum Gasteiger partial charge on any atom is 0.145 e.